The first-order valence-corrected chi connectivity index (χ1v) is 15.4. The van der Waals surface area contributed by atoms with Crippen molar-refractivity contribution >= 4 is 54.3 Å². The van der Waals surface area contributed by atoms with Crippen LogP contribution in [0.1, 0.15) is 0 Å². The summed E-state index contributed by atoms with van der Waals surface area (Å²) in [5, 5.41) is 13.0. The van der Waals surface area contributed by atoms with Crippen molar-refractivity contribution in [2.24, 2.45) is 0 Å². The number of benzene rings is 4. The third-order valence-corrected chi connectivity index (χ3v) is 7.80. The molecule has 8 bridgehead atoms. The molecule has 212 valence electrons. The molecule has 5 heterocycles. The maximum Gasteiger partial charge on any atom is 0.164 e. The van der Waals surface area contributed by atoms with Crippen LogP contribution in [0.3, 0.4) is 0 Å². The first-order chi connectivity index (χ1) is 21.7. The molecule has 9 rings (SSSR count). The first-order valence-electron chi connectivity index (χ1n) is 13.5. The van der Waals surface area contributed by atoms with E-state index in [0.717, 1.165) is 54.0 Å². The zero-order valence-electron chi connectivity index (χ0n) is 22.6. The van der Waals surface area contributed by atoms with Crippen LogP contribution in [0.15, 0.2) is 97.1 Å². The van der Waals surface area contributed by atoms with Gasteiger partial charge in [-0.3, -0.25) is 0 Å². The summed E-state index contributed by atoms with van der Waals surface area (Å²) < 4.78 is 0. The SMILES string of the molecule is N#C[S][Cu].c1ccc2c(c1)-c1nc-2nc2[nH]c(nc3nc(nc4[nH]c(n1)c1ccccc41)-c1ccccc1-3)c1ccccc21. The fourth-order valence-electron chi connectivity index (χ4n) is 5.59. The quantitative estimate of drug-likeness (QED) is 0.129. The van der Waals surface area contributed by atoms with Crippen molar-refractivity contribution in [2.45, 2.75) is 0 Å². The number of hydrogen-bond donors (Lipinski definition) is 2. The third-order valence-electron chi connectivity index (χ3n) is 7.49. The molecule has 0 aliphatic carbocycles. The molecule has 0 spiro atoms. The molecule has 0 atom stereocenters. The molecule has 2 aliphatic rings. The molecule has 0 amide bonds. The Morgan fingerprint density at radius 1 is 0.455 bits per heavy atom. The van der Waals surface area contributed by atoms with Crippen LogP contribution in [0.2, 0.25) is 0 Å². The van der Waals surface area contributed by atoms with Gasteiger partial charge < -0.3 is 9.97 Å². The number of rotatable bonds is 0. The van der Waals surface area contributed by atoms with E-state index in [1.807, 2.05) is 97.1 Å². The number of H-pyrrole nitrogens is 2. The molecule has 0 radical (unpaired) electrons. The summed E-state index contributed by atoms with van der Waals surface area (Å²) in [6.45, 7) is 0. The Balaban J connectivity index is 0.000000684. The molecule has 7 aromatic rings. The van der Waals surface area contributed by atoms with E-state index in [2.05, 4.69) is 24.9 Å². The van der Waals surface area contributed by atoms with Crippen molar-refractivity contribution in [3.05, 3.63) is 97.1 Å². The van der Waals surface area contributed by atoms with E-state index in [4.69, 9.17) is 35.2 Å². The molecule has 44 heavy (non-hydrogen) atoms. The van der Waals surface area contributed by atoms with E-state index in [9.17, 15) is 0 Å². The molecule has 0 unspecified atom stereocenters. The summed E-state index contributed by atoms with van der Waals surface area (Å²) in [6.07, 6.45) is 0. The molecule has 11 heteroatoms. The van der Waals surface area contributed by atoms with Crippen LogP contribution in [-0.2, 0) is 14.9 Å². The number of aromatic amines is 2. The van der Waals surface area contributed by atoms with Crippen molar-refractivity contribution in [3.63, 3.8) is 0 Å². The fourth-order valence-corrected chi connectivity index (χ4v) is 5.59. The van der Waals surface area contributed by atoms with E-state index in [1.165, 1.54) is 0 Å². The molecule has 0 saturated heterocycles. The van der Waals surface area contributed by atoms with Crippen LogP contribution in [0, 0.1) is 10.7 Å². The maximum atomic E-state index is 7.48. The van der Waals surface area contributed by atoms with Gasteiger partial charge in [0, 0.05) is 43.8 Å². The van der Waals surface area contributed by atoms with Gasteiger partial charge in [0.25, 0.3) is 0 Å². The Kier molecular flexibility index (Phi) is 6.38. The van der Waals surface area contributed by atoms with Crippen LogP contribution >= 0.6 is 10.2 Å². The maximum absolute atomic E-state index is 7.48. The summed E-state index contributed by atoms with van der Waals surface area (Å²) in [5.74, 6) is 2.39. The number of aromatic nitrogens is 8. The predicted octanol–water partition coefficient (Wildman–Crippen LogP) is 7.53. The van der Waals surface area contributed by atoms with Crippen molar-refractivity contribution in [2.75, 3.05) is 0 Å². The van der Waals surface area contributed by atoms with Crippen LogP contribution in [-0.4, -0.2) is 39.9 Å². The van der Waals surface area contributed by atoms with E-state index in [0.29, 0.717) is 45.9 Å². The standard InChI is InChI=1S/C32H18N8.CHNS.Cu/c1-2-10-18-17(9-1)25-33-26(18)38-28-21-13-5-6-14-22(21)30(35-28)40-32-24-16-8-7-15-23(24)31(36-32)39-29-20-12-4-3-11-19(20)27(34-29)37-25;2-1-3;/h1-16H,(H2,33,34,35,36,37,38,39,40);3H;/q;;+1/p-1. The first kappa shape index (κ1) is 26.2. The van der Waals surface area contributed by atoms with Crippen molar-refractivity contribution in [1.29, 1.82) is 5.26 Å². The monoisotopic (exact) mass is 635 g/mol. The Bertz CT molecular complexity index is 2160. The van der Waals surface area contributed by atoms with Crippen molar-refractivity contribution in [1.82, 2.24) is 39.9 Å². The van der Waals surface area contributed by atoms with Gasteiger partial charge in [-0.05, 0) is 0 Å². The minimum Gasteiger partial charge on any atom is -0.324 e. The predicted molar refractivity (Wildman–Crippen MR) is 169 cm³/mol. The van der Waals surface area contributed by atoms with Gasteiger partial charge in [-0.15, -0.1) is 0 Å². The molecular formula is C33H18CuN9S. The number of hydrogen-bond acceptors (Lipinski definition) is 8. The Morgan fingerprint density at radius 2 is 0.705 bits per heavy atom. The number of thiocyanates is 1. The average Bonchev–Trinajstić information content (AvgIpc) is 3.81. The molecule has 0 saturated carbocycles. The van der Waals surface area contributed by atoms with Gasteiger partial charge in [0.15, 0.2) is 23.3 Å². The molecule has 0 fully saturated rings. The largest absolute Gasteiger partial charge is 0.324 e. The topological polar surface area (TPSA) is 133 Å². The smallest absolute Gasteiger partial charge is 0.164 e. The Morgan fingerprint density at radius 3 is 0.955 bits per heavy atom. The van der Waals surface area contributed by atoms with Gasteiger partial charge in [0.2, 0.25) is 0 Å². The van der Waals surface area contributed by atoms with E-state index in [1.54, 1.807) is 5.40 Å². The molecule has 3 aromatic heterocycles. The van der Waals surface area contributed by atoms with Gasteiger partial charge in [-0.25, -0.2) is 29.9 Å². The molecule has 4 aromatic carbocycles. The van der Waals surface area contributed by atoms with Crippen LogP contribution in [0.5, 0.6) is 0 Å². The van der Waals surface area contributed by atoms with Crippen molar-refractivity contribution in [3.8, 4) is 51.0 Å². The summed E-state index contributed by atoms with van der Waals surface area (Å²) in [6, 6.07) is 32.2. The number of nitriles is 1. The summed E-state index contributed by atoms with van der Waals surface area (Å²) in [4.78, 5) is 36.8. The van der Waals surface area contributed by atoms with Crippen LogP contribution < -0.4 is 0 Å². The zero-order chi connectivity index (χ0) is 29.6. The second-order valence-electron chi connectivity index (χ2n) is 9.94. The van der Waals surface area contributed by atoms with Gasteiger partial charge in [-0.1, -0.05) is 97.1 Å². The summed E-state index contributed by atoms with van der Waals surface area (Å²) >= 11 is 4.23. The molecule has 2 aliphatic heterocycles. The van der Waals surface area contributed by atoms with Gasteiger partial charge >= 0.3 is 35.7 Å². The fraction of sp³-hybridized carbons (Fsp3) is 0. The van der Waals surface area contributed by atoms with Gasteiger partial charge in [-0.2, -0.15) is 0 Å². The second-order valence-corrected chi connectivity index (χ2v) is 10.8. The minimum absolute atomic E-state index is 0.597. The number of fused-ring (bicyclic) bond motifs is 20. The Hall–Kier alpha value is -5.40. The van der Waals surface area contributed by atoms with Crippen LogP contribution in [0.25, 0.3) is 89.7 Å². The number of nitrogens with one attached hydrogen (secondary N) is 2. The third kappa shape index (κ3) is 4.32. The van der Waals surface area contributed by atoms with Crippen molar-refractivity contribution < 1.29 is 14.9 Å². The molecular weight excluding hydrogens is 618 g/mol. The average molecular weight is 636 g/mol. The summed E-state index contributed by atoms with van der Waals surface area (Å²) in [7, 11) is 0.725. The zero-order valence-corrected chi connectivity index (χ0v) is 24.3. The second kappa shape index (κ2) is 10.7. The molecule has 2 N–H and O–H groups in total. The summed E-state index contributed by atoms with van der Waals surface area (Å²) in [5.41, 5.74) is 6.45. The van der Waals surface area contributed by atoms with E-state index in [-0.39, 0.29) is 0 Å². The van der Waals surface area contributed by atoms with Gasteiger partial charge in [0.05, 0.1) is 0 Å². The van der Waals surface area contributed by atoms with Gasteiger partial charge in [0.1, 0.15) is 22.6 Å². The normalized spacial score (nSPS) is 11.4. The van der Waals surface area contributed by atoms with E-state index < -0.39 is 0 Å². The minimum atomic E-state index is 0.597. The van der Waals surface area contributed by atoms with E-state index >= 15 is 0 Å². The Labute approximate surface area is 261 Å². The van der Waals surface area contributed by atoms with Crippen LogP contribution in [0.4, 0.5) is 0 Å². The number of nitrogens with zero attached hydrogens (tertiary/aromatic N) is 7. The molecule has 9 nitrogen and oxygen atoms in total.